The van der Waals surface area contributed by atoms with E-state index >= 15 is 0 Å². The molecule has 0 spiro atoms. The van der Waals surface area contributed by atoms with Crippen LogP contribution in [0, 0.1) is 20.4 Å². The number of amides is 1. The van der Waals surface area contributed by atoms with Crippen molar-refractivity contribution in [2.45, 2.75) is 32.4 Å². The van der Waals surface area contributed by atoms with Crippen LogP contribution in [0.3, 0.4) is 0 Å². The predicted octanol–water partition coefficient (Wildman–Crippen LogP) is 2.05. The van der Waals surface area contributed by atoms with Crippen LogP contribution in [0.5, 0.6) is 0 Å². The average Bonchev–Trinajstić information content (AvgIpc) is 3.39. The Balaban J connectivity index is 1.19. The predicted molar refractivity (Wildman–Crippen MR) is 123 cm³/mol. The fourth-order valence-corrected chi connectivity index (χ4v) is 4.78. The number of morpholine rings is 1. The molecule has 34 heavy (non-hydrogen) atoms. The maximum atomic E-state index is 13.0. The Morgan fingerprint density at radius 2 is 2.09 bits per heavy atom. The topological polar surface area (TPSA) is 93.6 Å². The van der Waals surface area contributed by atoms with Gasteiger partial charge in [-0.15, -0.1) is 5.10 Å². The minimum Gasteiger partial charge on any atom is -0.371 e. The molecule has 2 aliphatic rings. The van der Waals surface area contributed by atoms with Gasteiger partial charge in [-0.3, -0.25) is 9.69 Å². The van der Waals surface area contributed by atoms with E-state index in [9.17, 15) is 4.79 Å². The molecule has 2 saturated heterocycles. The number of nitrogens with zero attached hydrogens (tertiary/aromatic N) is 8. The third-order valence-electron chi connectivity index (χ3n) is 6.73. The number of aromatic nitrogens is 5. The summed E-state index contributed by atoms with van der Waals surface area (Å²) < 4.78 is 7.71. The molecule has 2 aliphatic heterocycles. The Morgan fingerprint density at radius 3 is 2.82 bits per heavy atom. The summed E-state index contributed by atoms with van der Waals surface area (Å²) in [4.78, 5) is 25.4. The monoisotopic (exact) mass is 458 g/mol. The van der Waals surface area contributed by atoms with Crippen molar-refractivity contribution < 1.29 is 9.53 Å². The van der Waals surface area contributed by atoms with Gasteiger partial charge in [0.05, 0.1) is 31.7 Å². The molecule has 10 nitrogen and oxygen atoms in total. The lowest BCUT2D eigenvalue weighted by molar-refractivity contribution is -0.139. The summed E-state index contributed by atoms with van der Waals surface area (Å²) in [5.74, 6) is 0.700. The molecule has 0 unspecified atom stereocenters. The lowest BCUT2D eigenvalue weighted by Crippen LogP contribution is -2.59. The molecule has 0 aliphatic carbocycles. The van der Waals surface area contributed by atoms with E-state index in [4.69, 9.17) is 11.3 Å². The number of hydrogen-bond donors (Lipinski definition) is 0. The normalized spacial score (nSPS) is 20.6. The van der Waals surface area contributed by atoms with Crippen LogP contribution in [0.4, 0.5) is 5.69 Å². The summed E-state index contributed by atoms with van der Waals surface area (Å²) in [6, 6.07) is 7.96. The molecule has 174 valence electrons. The molecule has 2 atom stereocenters. The number of carbonyl (C=O) groups excluding carboxylic acids is 1. The fourth-order valence-electron chi connectivity index (χ4n) is 4.78. The molecule has 10 heteroatoms. The highest BCUT2D eigenvalue weighted by Crippen LogP contribution is 2.34. The van der Waals surface area contributed by atoms with E-state index in [0.29, 0.717) is 31.9 Å². The van der Waals surface area contributed by atoms with Gasteiger partial charge < -0.3 is 9.64 Å². The summed E-state index contributed by atoms with van der Waals surface area (Å²) in [7, 11) is 0. The second-order valence-electron chi connectivity index (χ2n) is 8.82. The minimum atomic E-state index is -0.0515. The first-order valence-corrected chi connectivity index (χ1v) is 11.3. The molecule has 0 saturated carbocycles. The first kappa shape index (κ1) is 22.1. The second kappa shape index (κ2) is 9.29. The van der Waals surface area contributed by atoms with Gasteiger partial charge in [0, 0.05) is 32.4 Å². The molecule has 2 aromatic heterocycles. The van der Waals surface area contributed by atoms with E-state index in [2.05, 4.69) is 36.3 Å². The second-order valence-corrected chi connectivity index (χ2v) is 8.82. The lowest BCUT2D eigenvalue weighted by Gasteiger charge is -2.46. The zero-order valence-corrected chi connectivity index (χ0v) is 19.3. The van der Waals surface area contributed by atoms with Gasteiger partial charge in [-0.2, -0.15) is 4.68 Å². The van der Waals surface area contributed by atoms with E-state index in [1.807, 2.05) is 30.9 Å². The smallest absolute Gasteiger partial charge is 0.227 e. The third kappa shape index (κ3) is 4.27. The van der Waals surface area contributed by atoms with E-state index in [1.54, 1.807) is 12.3 Å². The molecule has 0 radical (unpaired) electrons. The molecular weight excluding hydrogens is 432 g/mol. The number of carbonyl (C=O) groups is 1. The van der Waals surface area contributed by atoms with E-state index in [1.165, 1.54) is 11.0 Å². The van der Waals surface area contributed by atoms with Gasteiger partial charge in [0.2, 0.25) is 5.91 Å². The van der Waals surface area contributed by atoms with E-state index < -0.39 is 0 Å². The van der Waals surface area contributed by atoms with Gasteiger partial charge in [-0.1, -0.05) is 18.2 Å². The summed E-state index contributed by atoms with van der Waals surface area (Å²) in [5, 5.41) is 11.0. The quantitative estimate of drug-likeness (QED) is 0.553. The molecular formula is C24H26N8O2. The number of tetrazole rings is 1. The Labute approximate surface area is 198 Å². The lowest BCUT2D eigenvalue weighted by atomic mass is 9.96. The first-order valence-electron chi connectivity index (χ1n) is 11.3. The number of pyridine rings is 1. The van der Waals surface area contributed by atoms with Gasteiger partial charge in [-0.25, -0.2) is 9.83 Å². The minimum absolute atomic E-state index is 0.0515. The van der Waals surface area contributed by atoms with Gasteiger partial charge in [0.1, 0.15) is 6.33 Å². The number of fused-ring (bicyclic) bond motifs is 1. The largest absolute Gasteiger partial charge is 0.371 e. The average molecular weight is 459 g/mol. The number of piperazine rings is 1. The maximum Gasteiger partial charge on any atom is 0.227 e. The number of benzene rings is 1. The van der Waals surface area contributed by atoms with Crippen LogP contribution < -0.4 is 0 Å². The van der Waals surface area contributed by atoms with Crippen molar-refractivity contribution in [2.75, 3.05) is 32.8 Å². The highest BCUT2D eigenvalue weighted by molar-refractivity contribution is 5.79. The molecule has 5 rings (SSSR count). The summed E-state index contributed by atoms with van der Waals surface area (Å²) >= 11 is 0. The Bertz CT molecular complexity index is 1220. The number of ether oxygens (including phenoxy) is 1. The molecule has 1 aromatic carbocycles. The molecule has 2 fully saturated rings. The first-order chi connectivity index (χ1) is 16.5. The van der Waals surface area contributed by atoms with E-state index in [0.717, 1.165) is 41.0 Å². The molecule has 4 heterocycles. The van der Waals surface area contributed by atoms with Crippen molar-refractivity contribution in [3.63, 3.8) is 0 Å². The molecule has 1 amide bonds. The van der Waals surface area contributed by atoms with Crippen molar-refractivity contribution in [1.82, 2.24) is 35.0 Å². The highest BCUT2D eigenvalue weighted by Gasteiger charge is 2.36. The van der Waals surface area contributed by atoms with Gasteiger partial charge in [0.25, 0.3) is 0 Å². The van der Waals surface area contributed by atoms with Gasteiger partial charge >= 0.3 is 0 Å². The third-order valence-corrected chi connectivity index (χ3v) is 6.73. The standard InChI is InChI=1S/C24H26N8O2/c1-16-4-6-20(17(2)24(16)25-3)21-13-30-8-9-31(12-19(30)14-34-21)23(33)10-18-5-7-22(26-11-18)32-15-27-28-29-32/h4-7,11,15,19,21H,8-10,12-14H2,1-2H3/t19-,21-/m0/s1. The fraction of sp³-hybridized carbons (Fsp3) is 0.417. The van der Waals surface area contributed by atoms with E-state index in [-0.39, 0.29) is 18.1 Å². The summed E-state index contributed by atoms with van der Waals surface area (Å²) in [5.41, 5.74) is 4.67. The number of hydrogen-bond acceptors (Lipinski definition) is 7. The van der Waals surface area contributed by atoms with Crippen molar-refractivity contribution in [3.05, 3.63) is 70.5 Å². The Kier molecular flexibility index (Phi) is 6.04. The van der Waals surface area contributed by atoms with Crippen LogP contribution in [0.25, 0.3) is 10.7 Å². The van der Waals surface area contributed by atoms with Crippen molar-refractivity contribution in [3.8, 4) is 5.82 Å². The zero-order chi connectivity index (χ0) is 23.7. The number of rotatable bonds is 4. The van der Waals surface area contributed by atoms with Gasteiger partial charge in [-0.05, 0) is 52.6 Å². The van der Waals surface area contributed by atoms with Crippen LogP contribution in [0.1, 0.15) is 28.4 Å². The summed E-state index contributed by atoms with van der Waals surface area (Å²) in [6.07, 6.45) is 3.43. The van der Waals surface area contributed by atoms with Crippen LogP contribution in [0.2, 0.25) is 0 Å². The summed E-state index contributed by atoms with van der Waals surface area (Å²) in [6.45, 7) is 15.0. The Morgan fingerprint density at radius 1 is 1.21 bits per heavy atom. The molecule has 0 N–H and O–H groups in total. The van der Waals surface area contributed by atoms with Crippen LogP contribution in [-0.4, -0.2) is 79.7 Å². The molecule has 0 bridgehead atoms. The van der Waals surface area contributed by atoms with Crippen LogP contribution in [0.15, 0.2) is 36.8 Å². The maximum absolute atomic E-state index is 13.0. The zero-order valence-electron chi connectivity index (χ0n) is 19.3. The SMILES string of the molecule is [C-]#[N+]c1c(C)ccc([C@@H]2CN3CCN(C(=O)Cc4ccc(-n5cnnn5)nc4)C[C@H]3CO2)c1C. The molecule has 3 aromatic rings. The van der Waals surface area contributed by atoms with Crippen LogP contribution in [-0.2, 0) is 16.0 Å². The van der Waals surface area contributed by atoms with Crippen molar-refractivity contribution >= 4 is 11.6 Å². The van der Waals surface area contributed by atoms with Gasteiger partial charge in [0.15, 0.2) is 11.5 Å². The van der Waals surface area contributed by atoms with Crippen LogP contribution >= 0.6 is 0 Å². The highest BCUT2D eigenvalue weighted by atomic mass is 16.5. The Hall–Kier alpha value is -3.68. The van der Waals surface area contributed by atoms with Crippen molar-refractivity contribution in [2.24, 2.45) is 0 Å². The van der Waals surface area contributed by atoms with Crippen molar-refractivity contribution in [1.29, 1.82) is 0 Å². The number of aryl methyl sites for hydroxylation is 1.